The third-order valence-corrected chi connectivity index (χ3v) is 4.82. The quantitative estimate of drug-likeness (QED) is 0.696. The van der Waals surface area contributed by atoms with Gasteiger partial charge >= 0.3 is 5.97 Å². The van der Waals surface area contributed by atoms with Crippen molar-refractivity contribution in [2.75, 3.05) is 19.0 Å². The van der Waals surface area contributed by atoms with Crippen molar-refractivity contribution >= 4 is 16.0 Å². The molecule has 0 aromatic heterocycles. The topological polar surface area (TPSA) is 92.7 Å². The first-order chi connectivity index (χ1) is 8.94. The summed E-state index contributed by atoms with van der Waals surface area (Å²) in [5.74, 6) is -1.05. The number of hydrogen-bond acceptors (Lipinski definition) is 4. The number of nitrogens with one attached hydrogen (secondary N) is 1. The van der Waals surface area contributed by atoms with Crippen LogP contribution in [-0.4, -0.2) is 44.5 Å². The summed E-state index contributed by atoms with van der Waals surface area (Å²) >= 11 is 0. The van der Waals surface area contributed by atoms with Gasteiger partial charge in [0, 0.05) is 13.2 Å². The average molecular weight is 293 g/mol. The predicted molar refractivity (Wildman–Crippen MR) is 71.4 cm³/mol. The molecule has 1 saturated heterocycles. The number of carboxylic acids is 1. The summed E-state index contributed by atoms with van der Waals surface area (Å²) in [5, 5.41) is 9.02. The molecule has 0 radical (unpaired) electrons. The molecule has 0 amide bonds. The highest BCUT2D eigenvalue weighted by Crippen LogP contribution is 2.16. The van der Waals surface area contributed by atoms with Crippen LogP contribution in [0.1, 0.15) is 39.0 Å². The normalized spacial score (nSPS) is 19.2. The van der Waals surface area contributed by atoms with Crippen molar-refractivity contribution in [1.29, 1.82) is 0 Å². The van der Waals surface area contributed by atoms with Gasteiger partial charge in [0.05, 0.1) is 5.75 Å². The van der Waals surface area contributed by atoms with E-state index in [0.717, 1.165) is 6.42 Å². The second-order valence-corrected chi connectivity index (χ2v) is 6.79. The molecule has 0 bridgehead atoms. The number of rotatable bonds is 8. The second kappa shape index (κ2) is 7.81. The van der Waals surface area contributed by atoms with Crippen molar-refractivity contribution in [1.82, 2.24) is 4.72 Å². The Bertz CT molecular complexity index is 376. The molecule has 0 spiro atoms. The maximum Gasteiger partial charge on any atom is 0.321 e. The molecular weight excluding hydrogens is 270 g/mol. The number of unbranched alkanes of at least 4 members (excludes halogenated alkanes) is 1. The molecule has 2 N–H and O–H groups in total. The maximum absolute atomic E-state index is 12.0. The van der Waals surface area contributed by atoms with Crippen molar-refractivity contribution in [2.24, 2.45) is 5.92 Å². The van der Waals surface area contributed by atoms with Crippen molar-refractivity contribution < 1.29 is 23.1 Å². The zero-order chi connectivity index (χ0) is 14.3. The highest BCUT2D eigenvalue weighted by atomic mass is 32.2. The van der Waals surface area contributed by atoms with Gasteiger partial charge in [-0.25, -0.2) is 13.1 Å². The first-order valence-corrected chi connectivity index (χ1v) is 8.40. The number of aliphatic carboxylic acids is 1. The molecule has 0 aromatic rings. The van der Waals surface area contributed by atoms with Gasteiger partial charge in [-0.3, -0.25) is 4.79 Å². The lowest BCUT2D eigenvalue weighted by Crippen LogP contribution is -2.43. The predicted octanol–water partition coefficient (Wildman–Crippen LogP) is 0.976. The summed E-state index contributed by atoms with van der Waals surface area (Å²) in [4.78, 5) is 11.0. The lowest BCUT2D eigenvalue weighted by Gasteiger charge is -2.23. The molecule has 0 aromatic carbocycles. The third kappa shape index (κ3) is 6.35. The van der Waals surface area contributed by atoms with Crippen LogP contribution in [0.5, 0.6) is 0 Å². The summed E-state index contributed by atoms with van der Waals surface area (Å²) in [7, 11) is -3.54. The second-order valence-electron chi connectivity index (χ2n) is 4.99. The maximum atomic E-state index is 12.0. The van der Waals surface area contributed by atoms with Crippen LogP contribution < -0.4 is 4.72 Å². The fourth-order valence-electron chi connectivity index (χ4n) is 2.13. The van der Waals surface area contributed by atoms with E-state index in [1.807, 2.05) is 6.92 Å². The van der Waals surface area contributed by atoms with Gasteiger partial charge in [0.2, 0.25) is 10.0 Å². The summed E-state index contributed by atoms with van der Waals surface area (Å²) in [5.41, 5.74) is 0. The van der Waals surface area contributed by atoms with Crippen LogP contribution in [0.4, 0.5) is 0 Å². The number of ether oxygens (including phenoxy) is 1. The molecule has 112 valence electrons. The minimum Gasteiger partial charge on any atom is -0.480 e. The molecule has 19 heavy (non-hydrogen) atoms. The highest BCUT2D eigenvalue weighted by molar-refractivity contribution is 7.89. The Balaban J connectivity index is 2.52. The molecule has 1 fully saturated rings. The van der Waals surface area contributed by atoms with Gasteiger partial charge in [-0.15, -0.1) is 0 Å². The summed E-state index contributed by atoms with van der Waals surface area (Å²) < 4.78 is 31.4. The van der Waals surface area contributed by atoms with Gasteiger partial charge in [-0.05, 0) is 25.2 Å². The van der Waals surface area contributed by atoms with E-state index in [9.17, 15) is 13.2 Å². The molecule has 1 rings (SSSR count). The van der Waals surface area contributed by atoms with E-state index in [0.29, 0.717) is 38.9 Å². The van der Waals surface area contributed by atoms with Crippen molar-refractivity contribution in [3.05, 3.63) is 0 Å². The molecule has 7 heteroatoms. The van der Waals surface area contributed by atoms with Crippen LogP contribution in [0, 0.1) is 5.92 Å². The van der Waals surface area contributed by atoms with E-state index < -0.39 is 22.0 Å². The molecule has 6 nitrogen and oxygen atoms in total. The first kappa shape index (κ1) is 16.4. The SMILES string of the molecule is CCCC[C@H](NS(=O)(=O)CC1CCOCC1)C(=O)O. The highest BCUT2D eigenvalue weighted by Gasteiger charge is 2.27. The van der Waals surface area contributed by atoms with E-state index in [1.165, 1.54) is 0 Å². The number of carbonyl (C=O) groups is 1. The van der Waals surface area contributed by atoms with Gasteiger partial charge in [-0.1, -0.05) is 19.8 Å². The number of sulfonamides is 1. The Morgan fingerprint density at radius 1 is 1.42 bits per heavy atom. The minimum absolute atomic E-state index is 0.00767. The molecule has 1 aliphatic rings. The average Bonchev–Trinajstić information content (AvgIpc) is 2.34. The summed E-state index contributed by atoms with van der Waals surface area (Å²) in [6, 6.07) is -1.01. The molecular formula is C12H23NO5S. The summed E-state index contributed by atoms with van der Waals surface area (Å²) in [6.45, 7) is 3.10. The van der Waals surface area contributed by atoms with Crippen molar-refractivity contribution in [3.63, 3.8) is 0 Å². The molecule has 1 aliphatic heterocycles. The van der Waals surface area contributed by atoms with E-state index in [4.69, 9.17) is 9.84 Å². The van der Waals surface area contributed by atoms with Crippen molar-refractivity contribution in [2.45, 2.75) is 45.1 Å². The molecule has 0 unspecified atom stereocenters. The third-order valence-electron chi connectivity index (χ3n) is 3.26. The molecule has 1 atom stereocenters. The Hall–Kier alpha value is -0.660. The van der Waals surface area contributed by atoms with Gasteiger partial charge in [0.15, 0.2) is 0 Å². The van der Waals surface area contributed by atoms with E-state index in [2.05, 4.69) is 4.72 Å². The van der Waals surface area contributed by atoms with E-state index in [-0.39, 0.29) is 11.7 Å². The fraction of sp³-hybridized carbons (Fsp3) is 0.917. The number of hydrogen-bond donors (Lipinski definition) is 2. The molecule has 0 saturated carbocycles. The zero-order valence-corrected chi connectivity index (χ0v) is 12.1. The van der Waals surface area contributed by atoms with Gasteiger partial charge in [0.1, 0.15) is 6.04 Å². The molecule has 0 aliphatic carbocycles. The smallest absolute Gasteiger partial charge is 0.321 e. The zero-order valence-electron chi connectivity index (χ0n) is 11.3. The Morgan fingerprint density at radius 3 is 2.58 bits per heavy atom. The van der Waals surface area contributed by atoms with E-state index >= 15 is 0 Å². The van der Waals surface area contributed by atoms with Gasteiger partial charge in [0.25, 0.3) is 0 Å². The van der Waals surface area contributed by atoms with Crippen LogP contribution in [0.2, 0.25) is 0 Å². The largest absolute Gasteiger partial charge is 0.480 e. The lowest BCUT2D eigenvalue weighted by atomic mass is 10.0. The van der Waals surface area contributed by atoms with Gasteiger partial charge < -0.3 is 9.84 Å². The number of carboxylic acid groups (broad SMARTS) is 1. The fourth-order valence-corrected chi connectivity index (χ4v) is 3.83. The monoisotopic (exact) mass is 293 g/mol. The Labute approximate surface area is 114 Å². The first-order valence-electron chi connectivity index (χ1n) is 6.75. The van der Waals surface area contributed by atoms with Crippen LogP contribution in [0.3, 0.4) is 0 Å². The lowest BCUT2D eigenvalue weighted by molar-refractivity contribution is -0.139. The van der Waals surface area contributed by atoms with Crippen molar-refractivity contribution in [3.8, 4) is 0 Å². The Kier molecular flexibility index (Phi) is 6.74. The Morgan fingerprint density at radius 2 is 2.05 bits per heavy atom. The van der Waals surface area contributed by atoms with Crippen LogP contribution in [0.25, 0.3) is 0 Å². The minimum atomic E-state index is -3.54. The molecule has 1 heterocycles. The van der Waals surface area contributed by atoms with Crippen LogP contribution in [-0.2, 0) is 19.6 Å². The van der Waals surface area contributed by atoms with Crippen LogP contribution >= 0.6 is 0 Å². The van der Waals surface area contributed by atoms with Gasteiger partial charge in [-0.2, -0.15) is 0 Å². The van der Waals surface area contributed by atoms with E-state index in [1.54, 1.807) is 0 Å². The summed E-state index contributed by atoms with van der Waals surface area (Å²) in [6.07, 6.45) is 3.29. The standard InChI is InChI=1S/C12H23NO5S/c1-2-3-4-11(12(14)15)13-19(16,17)9-10-5-7-18-8-6-10/h10-11,13H,2-9H2,1H3,(H,14,15)/t11-/m0/s1. The van der Waals surface area contributed by atoms with Crippen LogP contribution in [0.15, 0.2) is 0 Å².